The van der Waals surface area contributed by atoms with Crippen LogP contribution in [0.25, 0.3) is 0 Å². The van der Waals surface area contributed by atoms with Gasteiger partial charge in [-0.1, -0.05) is 12.1 Å². The van der Waals surface area contributed by atoms with Crippen LogP contribution in [0.1, 0.15) is 5.56 Å². The first-order valence-electron chi connectivity index (χ1n) is 3.16. The highest BCUT2D eigenvalue weighted by Gasteiger charge is 1.85. The summed E-state index contributed by atoms with van der Waals surface area (Å²) in [5, 5.41) is 0. The molecule has 0 atom stereocenters. The monoisotopic (exact) mass is 140 g/mol. The van der Waals surface area contributed by atoms with E-state index in [1.54, 1.807) is 0 Å². The van der Waals surface area contributed by atoms with Gasteiger partial charge in [0.25, 0.3) is 0 Å². The first kappa shape index (κ1) is 5.18. The molecule has 0 saturated heterocycles. The largest absolute Gasteiger partial charge is 0.399 e. The lowest BCUT2D eigenvalue weighted by Crippen LogP contribution is -1.83. The Labute approximate surface area is 61.4 Å². The summed E-state index contributed by atoms with van der Waals surface area (Å²) in [7, 11) is 0. The molecule has 0 aliphatic heterocycles. The Morgan fingerprint density at radius 1 is 1.44 bits per heavy atom. The molecule has 9 heavy (non-hydrogen) atoms. The fourth-order valence-electron chi connectivity index (χ4n) is 0.614. The zero-order valence-corrected chi connectivity index (χ0v) is 5.82. The minimum absolute atomic E-state index is 0.736. The molecule has 0 aromatic heterocycles. The Bertz CT molecular complexity index is 197. The summed E-state index contributed by atoms with van der Waals surface area (Å²) in [6.07, 6.45) is 0. The summed E-state index contributed by atoms with van der Waals surface area (Å²) >= 11 is 1.07. The summed E-state index contributed by atoms with van der Waals surface area (Å²) in [5.41, 5.74) is 7.39. The molecule has 0 aliphatic carbocycles. The SMILES string of the molecule is [2H]SCc1ccc(N)cc1. The molecule has 48 valence electrons. The minimum Gasteiger partial charge on any atom is -0.399 e. The lowest BCUT2D eigenvalue weighted by molar-refractivity contribution is 1.43. The van der Waals surface area contributed by atoms with Gasteiger partial charge in [-0.2, -0.15) is 12.5 Å². The third-order valence-electron chi connectivity index (χ3n) is 1.15. The molecule has 0 fully saturated rings. The van der Waals surface area contributed by atoms with E-state index < -0.39 is 0 Å². The fourth-order valence-corrected chi connectivity index (χ4v) is 0.806. The average molecular weight is 140 g/mol. The van der Waals surface area contributed by atoms with E-state index in [4.69, 9.17) is 6.86 Å². The summed E-state index contributed by atoms with van der Waals surface area (Å²) in [6, 6.07) is 7.59. The number of rotatable bonds is 2. The Hall–Kier alpha value is -0.630. The van der Waals surface area contributed by atoms with Gasteiger partial charge < -0.3 is 5.73 Å². The van der Waals surface area contributed by atoms with Crippen LogP contribution in [0, 0.1) is 0 Å². The molecule has 1 aromatic rings. The lowest BCUT2D eigenvalue weighted by atomic mass is 10.2. The van der Waals surface area contributed by atoms with Gasteiger partial charge in [0.2, 0.25) is 0 Å². The molecular weight excluding hydrogens is 130 g/mol. The van der Waals surface area contributed by atoms with E-state index >= 15 is 0 Å². The molecule has 2 N–H and O–H groups in total. The Morgan fingerprint density at radius 3 is 2.67 bits per heavy atom. The van der Waals surface area contributed by atoms with Gasteiger partial charge in [0.15, 0.2) is 0 Å². The number of anilines is 1. The van der Waals surface area contributed by atoms with Crippen molar-refractivity contribution in [2.75, 3.05) is 5.73 Å². The summed E-state index contributed by atoms with van der Waals surface area (Å²) < 4.78 is 6.88. The number of thiol groups is 1. The number of hydrogen-bond donors (Lipinski definition) is 2. The first-order chi connectivity index (χ1) is 4.83. The van der Waals surface area contributed by atoms with Crippen LogP contribution in [-0.4, -0.2) is 1.12 Å². The van der Waals surface area contributed by atoms with Gasteiger partial charge in [0.1, 0.15) is 1.12 Å². The Kier molecular flexibility index (Phi) is 1.60. The van der Waals surface area contributed by atoms with E-state index in [0.29, 0.717) is 0 Å². The lowest BCUT2D eigenvalue weighted by Gasteiger charge is -1.94. The maximum Gasteiger partial charge on any atom is 0.103 e. The van der Waals surface area contributed by atoms with E-state index in [-0.39, 0.29) is 0 Å². The molecule has 1 nitrogen and oxygen atoms in total. The van der Waals surface area contributed by atoms with Crippen molar-refractivity contribution < 1.29 is 0 Å². The van der Waals surface area contributed by atoms with Crippen LogP contribution in [0.3, 0.4) is 0 Å². The molecule has 0 unspecified atom stereocenters. The van der Waals surface area contributed by atoms with E-state index in [1.165, 1.54) is 0 Å². The van der Waals surface area contributed by atoms with Gasteiger partial charge in [0.05, 0.1) is 0 Å². The van der Waals surface area contributed by atoms with Crippen molar-refractivity contribution in [2.45, 2.75) is 5.75 Å². The van der Waals surface area contributed by atoms with Crippen molar-refractivity contribution in [2.24, 2.45) is 0 Å². The second-order valence-electron chi connectivity index (χ2n) is 1.89. The smallest absolute Gasteiger partial charge is 0.103 e. The highest BCUT2D eigenvalue weighted by molar-refractivity contribution is 7.79. The molecule has 0 spiro atoms. The van der Waals surface area contributed by atoms with Gasteiger partial charge in [-0.15, -0.1) is 0 Å². The normalized spacial score (nSPS) is 10.9. The standard InChI is InChI=1S/C7H9NS/c8-7-3-1-6(5-9)2-4-7/h1-4,9H,5,8H2/i/hD. The second kappa shape index (κ2) is 2.78. The third-order valence-corrected chi connectivity index (χ3v) is 1.48. The van der Waals surface area contributed by atoms with E-state index in [0.717, 1.165) is 29.5 Å². The van der Waals surface area contributed by atoms with Crippen molar-refractivity contribution in [3.63, 3.8) is 0 Å². The zero-order chi connectivity index (χ0) is 7.40. The van der Waals surface area contributed by atoms with E-state index in [1.807, 2.05) is 24.3 Å². The van der Waals surface area contributed by atoms with Crippen molar-refractivity contribution in [1.82, 2.24) is 0 Å². The van der Waals surface area contributed by atoms with Crippen molar-refractivity contribution in [3.8, 4) is 0 Å². The van der Waals surface area contributed by atoms with Gasteiger partial charge >= 0.3 is 0 Å². The van der Waals surface area contributed by atoms with Crippen LogP contribution >= 0.6 is 12.5 Å². The molecule has 0 radical (unpaired) electrons. The van der Waals surface area contributed by atoms with Gasteiger partial charge in [-0.05, 0) is 17.7 Å². The summed E-state index contributed by atoms with van der Waals surface area (Å²) in [6.45, 7) is 0. The fraction of sp³-hybridized carbons (Fsp3) is 0.143. The number of nitrogen functional groups attached to an aromatic ring is 1. The Morgan fingerprint density at radius 2 is 2.11 bits per heavy atom. The number of benzene rings is 1. The van der Waals surface area contributed by atoms with Crippen LogP contribution in [0.2, 0.25) is 0 Å². The van der Waals surface area contributed by atoms with Crippen LogP contribution in [0.5, 0.6) is 0 Å². The highest BCUT2D eigenvalue weighted by Crippen LogP contribution is 2.06. The molecule has 1 rings (SSSR count). The van der Waals surface area contributed by atoms with E-state index in [9.17, 15) is 0 Å². The Balaban J connectivity index is 2.69. The predicted octanol–water partition coefficient (Wildman–Crippen LogP) is 1.70. The van der Waals surface area contributed by atoms with Crippen LogP contribution in [0.15, 0.2) is 24.3 Å². The van der Waals surface area contributed by atoms with Crippen LogP contribution in [-0.2, 0) is 5.75 Å². The molecule has 0 amide bonds. The third kappa shape index (κ3) is 1.64. The summed E-state index contributed by atoms with van der Waals surface area (Å²) in [4.78, 5) is 0. The van der Waals surface area contributed by atoms with Crippen molar-refractivity contribution >= 4 is 18.2 Å². The maximum absolute atomic E-state index is 6.88. The maximum atomic E-state index is 6.88. The van der Waals surface area contributed by atoms with Crippen molar-refractivity contribution in [3.05, 3.63) is 29.8 Å². The molecule has 0 aliphatic rings. The minimum atomic E-state index is 0.736. The average Bonchev–Trinajstić information content (AvgIpc) is 1.95. The molecule has 2 heteroatoms. The van der Waals surface area contributed by atoms with Crippen LogP contribution in [0.4, 0.5) is 5.69 Å². The summed E-state index contributed by atoms with van der Waals surface area (Å²) in [5.74, 6) is 0.736. The highest BCUT2D eigenvalue weighted by atomic mass is 32.1. The predicted molar refractivity (Wildman–Crippen MR) is 43.5 cm³/mol. The van der Waals surface area contributed by atoms with Crippen molar-refractivity contribution in [1.29, 1.82) is 1.12 Å². The molecular formula is C7H9NS. The number of nitrogens with two attached hydrogens (primary N) is 1. The molecule has 0 bridgehead atoms. The van der Waals surface area contributed by atoms with Gasteiger partial charge in [0, 0.05) is 11.4 Å². The van der Waals surface area contributed by atoms with E-state index in [2.05, 4.69) is 0 Å². The second-order valence-corrected chi connectivity index (χ2v) is 2.17. The van der Waals surface area contributed by atoms with Gasteiger partial charge in [-0.3, -0.25) is 0 Å². The van der Waals surface area contributed by atoms with Gasteiger partial charge in [-0.25, -0.2) is 0 Å². The molecule has 0 heterocycles. The molecule has 1 aromatic carbocycles. The van der Waals surface area contributed by atoms with Crippen LogP contribution < -0.4 is 5.73 Å². The number of hydrogen-bond acceptors (Lipinski definition) is 2. The topological polar surface area (TPSA) is 26.0 Å². The molecule has 0 saturated carbocycles. The zero-order valence-electron chi connectivity index (χ0n) is 6.00. The quantitative estimate of drug-likeness (QED) is 0.474. The first-order valence-corrected chi connectivity index (χ1v) is 3.33.